The molecule has 3 amide bonds. The van der Waals surface area contributed by atoms with Crippen LogP contribution in [0.1, 0.15) is 27.7 Å². The summed E-state index contributed by atoms with van der Waals surface area (Å²) < 4.78 is 53.0. The molecule has 0 aromatic carbocycles. The van der Waals surface area contributed by atoms with Crippen LogP contribution in [-0.4, -0.2) is 264 Å². The summed E-state index contributed by atoms with van der Waals surface area (Å²) in [7, 11) is 0. The number of amides is 3. The first-order valence-electron chi connectivity index (χ1n) is 20.4. The highest BCUT2D eigenvalue weighted by Crippen LogP contribution is 2.37. The molecule has 5 saturated heterocycles. The van der Waals surface area contributed by atoms with Crippen LogP contribution >= 0.6 is 0 Å². The fourth-order valence-electron chi connectivity index (χ4n) is 8.15. The zero-order valence-electron chi connectivity index (χ0n) is 35.0. The quantitative estimate of drug-likeness (QED) is 0.0725. The van der Waals surface area contributed by atoms with Gasteiger partial charge in [-0.05, 0) is 6.92 Å². The summed E-state index contributed by atoms with van der Waals surface area (Å²) in [4.78, 5) is 37.2. The molecule has 64 heavy (non-hydrogen) atoms. The average Bonchev–Trinajstić information content (AvgIpc) is 3.24. The van der Waals surface area contributed by atoms with Gasteiger partial charge in [0.2, 0.25) is 17.7 Å². The number of aliphatic hydroxyl groups is 13. The van der Waals surface area contributed by atoms with Crippen LogP contribution in [0.5, 0.6) is 0 Å². The van der Waals surface area contributed by atoms with Gasteiger partial charge in [0.25, 0.3) is 0 Å². The summed E-state index contributed by atoms with van der Waals surface area (Å²) in [6, 6.07) is -4.94. The largest absolute Gasteiger partial charge is 0.394 e. The number of hydrogen-bond acceptors (Lipinski definition) is 25. The van der Waals surface area contributed by atoms with Crippen LogP contribution < -0.4 is 16.0 Å². The summed E-state index contributed by atoms with van der Waals surface area (Å²) in [6.07, 6.45) is -40.1. The molecule has 0 aliphatic carbocycles. The molecular formula is C36H61N3O25. The fraction of sp³-hybridized carbons (Fsp3) is 0.917. The van der Waals surface area contributed by atoms with E-state index >= 15 is 0 Å². The van der Waals surface area contributed by atoms with Crippen molar-refractivity contribution in [1.29, 1.82) is 0 Å². The van der Waals surface area contributed by atoms with Gasteiger partial charge in [0.1, 0.15) is 116 Å². The molecule has 5 aliphatic rings. The van der Waals surface area contributed by atoms with E-state index in [0.29, 0.717) is 0 Å². The van der Waals surface area contributed by atoms with E-state index in [2.05, 4.69) is 16.0 Å². The number of hydrogen-bond donors (Lipinski definition) is 16. The Balaban J connectivity index is 1.58. The van der Waals surface area contributed by atoms with Crippen LogP contribution in [0.15, 0.2) is 0 Å². The lowest BCUT2D eigenvalue weighted by Gasteiger charge is -2.52. The Morgan fingerprint density at radius 3 is 1.33 bits per heavy atom. The smallest absolute Gasteiger partial charge is 0.217 e. The Bertz CT molecular complexity index is 1540. The molecule has 0 bridgehead atoms. The first kappa shape index (κ1) is 52.5. The van der Waals surface area contributed by atoms with Crippen molar-refractivity contribution in [1.82, 2.24) is 16.0 Å². The van der Waals surface area contributed by atoms with Crippen molar-refractivity contribution in [3.05, 3.63) is 0 Å². The normalized spacial score (nSPS) is 47.7. The first-order valence-corrected chi connectivity index (χ1v) is 20.4. The maximum atomic E-state index is 12.8. The van der Waals surface area contributed by atoms with Crippen molar-refractivity contribution in [3.63, 3.8) is 0 Å². The van der Waals surface area contributed by atoms with Crippen molar-refractivity contribution in [2.45, 2.75) is 181 Å². The second-order valence-electron chi connectivity index (χ2n) is 16.1. The van der Waals surface area contributed by atoms with E-state index in [-0.39, 0.29) is 0 Å². The SMILES string of the molecule is CC(=O)N[C@@H]1[C@@H](O[C@@H]2O[C@H](CO)[C@@H](O)[C@H](O[C@@H]3O[C@H](CO)[C@H](O)[C@H](O[C@H]4O[C@H](CO)[C@H](O)[C@H](O)[C@H]4NC(C)=O)[C@H]3O[C@@H]3O[C@@H](C)[C@@H](O)[C@@H](O)[C@@H]3O)[C@H]2NC(C)=O)[C@@H](O)[C@@H](CO)O[C@@H]1O. The molecule has 28 nitrogen and oxygen atoms in total. The van der Waals surface area contributed by atoms with Crippen LogP contribution in [-0.2, 0) is 57.0 Å². The van der Waals surface area contributed by atoms with Crippen LogP contribution in [0.4, 0.5) is 0 Å². The van der Waals surface area contributed by atoms with Crippen LogP contribution in [0.3, 0.4) is 0 Å². The monoisotopic (exact) mass is 935 g/mol. The third kappa shape index (κ3) is 11.4. The Hall–Kier alpha value is -2.47. The Labute approximate surface area is 364 Å². The van der Waals surface area contributed by atoms with Gasteiger partial charge in [0, 0.05) is 20.8 Å². The summed E-state index contributed by atoms with van der Waals surface area (Å²) in [6.45, 7) is 0.697. The third-order valence-electron chi connectivity index (χ3n) is 11.5. The molecule has 16 N–H and O–H groups in total. The molecule has 5 heterocycles. The maximum absolute atomic E-state index is 12.8. The third-order valence-corrected chi connectivity index (χ3v) is 11.5. The molecule has 370 valence electrons. The number of nitrogens with one attached hydrogen (secondary N) is 3. The zero-order valence-corrected chi connectivity index (χ0v) is 35.0. The van der Waals surface area contributed by atoms with Gasteiger partial charge in [-0.3, -0.25) is 14.4 Å². The number of rotatable bonds is 15. The minimum Gasteiger partial charge on any atom is -0.394 e. The second kappa shape index (κ2) is 22.6. The van der Waals surface area contributed by atoms with Crippen molar-refractivity contribution in [2.24, 2.45) is 0 Å². The number of carbonyl (C=O) groups is 3. The molecule has 0 radical (unpaired) electrons. The predicted octanol–water partition coefficient (Wildman–Crippen LogP) is -10.5. The topological polar surface area (TPSA) is 433 Å². The minimum absolute atomic E-state index is 0.732. The summed E-state index contributed by atoms with van der Waals surface area (Å²) in [5, 5.41) is 147. The number of ether oxygens (including phenoxy) is 9. The van der Waals surface area contributed by atoms with Crippen LogP contribution in [0.25, 0.3) is 0 Å². The molecule has 0 aromatic rings. The van der Waals surface area contributed by atoms with E-state index in [4.69, 9.17) is 42.6 Å². The summed E-state index contributed by atoms with van der Waals surface area (Å²) in [5.74, 6) is -2.33. The van der Waals surface area contributed by atoms with E-state index in [9.17, 15) is 80.8 Å². The van der Waals surface area contributed by atoms with Crippen molar-refractivity contribution in [3.8, 4) is 0 Å². The summed E-state index contributed by atoms with van der Waals surface area (Å²) >= 11 is 0. The molecule has 0 saturated carbocycles. The average molecular weight is 936 g/mol. The van der Waals surface area contributed by atoms with Gasteiger partial charge < -0.3 is 125 Å². The highest BCUT2D eigenvalue weighted by atomic mass is 16.8. The predicted molar refractivity (Wildman–Crippen MR) is 200 cm³/mol. The lowest BCUT2D eigenvalue weighted by molar-refractivity contribution is -0.398. The number of carbonyl (C=O) groups excluding carboxylic acids is 3. The maximum Gasteiger partial charge on any atom is 0.217 e. The van der Waals surface area contributed by atoms with Crippen LogP contribution in [0.2, 0.25) is 0 Å². The van der Waals surface area contributed by atoms with Gasteiger partial charge in [-0.15, -0.1) is 0 Å². The van der Waals surface area contributed by atoms with Gasteiger partial charge in [-0.25, -0.2) is 0 Å². The highest BCUT2D eigenvalue weighted by Gasteiger charge is 2.58. The molecule has 5 rings (SSSR count). The molecule has 25 atom stereocenters. The lowest BCUT2D eigenvalue weighted by Crippen LogP contribution is -2.71. The molecule has 5 fully saturated rings. The standard InChI is InChI=1S/C36H61N3O25/c1-9-20(47)26(53)27(54)35(56-9)64-31-30(63-33-17(37-10(2)44)25(52)21(48)13(5-40)58-33)24(51)16(8-43)60-36(31)62-29-19(39-12(4)46)34(59-15(7-42)23(29)50)61-28-18(38-11(3)45)32(55)57-14(6-41)22(28)49/h9,13-36,40-43,47-55H,5-8H2,1-4H3,(H,37,44)(H,38,45)(H,39,46)/t9-,13+,14+,15+,16+,17+,18+,19+,20+,21-,22-,23+,24-,25+,26+,27-,28+,29+,30-,31+,32-,33+,34-,35-,36-/m0/s1. The van der Waals surface area contributed by atoms with Crippen molar-refractivity contribution >= 4 is 17.7 Å². The Morgan fingerprint density at radius 1 is 0.406 bits per heavy atom. The van der Waals surface area contributed by atoms with Gasteiger partial charge in [0.05, 0.1) is 32.5 Å². The van der Waals surface area contributed by atoms with E-state index in [0.717, 1.165) is 20.8 Å². The molecule has 0 unspecified atom stereocenters. The fourth-order valence-corrected chi connectivity index (χ4v) is 8.15. The molecule has 5 aliphatic heterocycles. The van der Waals surface area contributed by atoms with Gasteiger partial charge in [0.15, 0.2) is 31.5 Å². The molecule has 0 aromatic heterocycles. The van der Waals surface area contributed by atoms with Crippen molar-refractivity contribution in [2.75, 3.05) is 26.4 Å². The van der Waals surface area contributed by atoms with E-state index in [1.807, 2.05) is 0 Å². The molecule has 28 heteroatoms. The number of aliphatic hydroxyl groups excluding tert-OH is 13. The van der Waals surface area contributed by atoms with E-state index in [1.54, 1.807) is 0 Å². The van der Waals surface area contributed by atoms with E-state index < -0.39 is 197 Å². The van der Waals surface area contributed by atoms with Gasteiger partial charge >= 0.3 is 0 Å². The highest BCUT2D eigenvalue weighted by molar-refractivity contribution is 5.74. The second-order valence-corrected chi connectivity index (χ2v) is 16.1. The van der Waals surface area contributed by atoms with Crippen LogP contribution in [0, 0.1) is 0 Å². The van der Waals surface area contributed by atoms with Crippen molar-refractivity contribution < 1.29 is 123 Å². The zero-order chi connectivity index (χ0) is 47.5. The van der Waals surface area contributed by atoms with Gasteiger partial charge in [-0.2, -0.15) is 0 Å². The first-order chi connectivity index (χ1) is 30.2. The molecule has 0 spiro atoms. The summed E-state index contributed by atoms with van der Waals surface area (Å²) in [5.41, 5.74) is 0. The van der Waals surface area contributed by atoms with E-state index in [1.165, 1.54) is 6.92 Å². The Morgan fingerprint density at radius 2 is 0.797 bits per heavy atom. The molecular weight excluding hydrogens is 874 g/mol. The lowest BCUT2D eigenvalue weighted by atomic mass is 9.93. The minimum atomic E-state index is -2.09. The Kier molecular flexibility index (Phi) is 18.5. The van der Waals surface area contributed by atoms with Gasteiger partial charge in [-0.1, -0.05) is 0 Å².